The topological polar surface area (TPSA) is 60.7 Å². The molecule has 4 aromatic rings. The summed E-state index contributed by atoms with van der Waals surface area (Å²) in [5.41, 5.74) is 5.99. The molecule has 0 aliphatic heterocycles. The van der Waals surface area contributed by atoms with Crippen LogP contribution >= 0.6 is 0 Å². The molecule has 5 rings (SSSR count). The second-order valence-corrected chi connectivity index (χ2v) is 8.54. The molecule has 0 saturated carbocycles. The van der Waals surface area contributed by atoms with Crippen LogP contribution in [0.2, 0.25) is 0 Å². The molecular weight excluding hydrogens is 372 g/mol. The van der Waals surface area contributed by atoms with E-state index in [4.69, 9.17) is 10.1 Å². The number of rotatable bonds is 3. The molecule has 5 heteroatoms. The van der Waals surface area contributed by atoms with Gasteiger partial charge in [-0.2, -0.15) is 5.10 Å². The lowest BCUT2D eigenvalue weighted by atomic mass is 9.75. The van der Waals surface area contributed by atoms with Crippen molar-refractivity contribution in [3.05, 3.63) is 84.3 Å². The second-order valence-electron chi connectivity index (χ2n) is 8.54. The minimum Gasteiger partial charge on any atom is -0.294 e. The number of hydrogen-bond acceptors (Lipinski definition) is 4. The van der Waals surface area contributed by atoms with Gasteiger partial charge in [0.1, 0.15) is 0 Å². The van der Waals surface area contributed by atoms with Gasteiger partial charge in [-0.05, 0) is 42.2 Å². The third kappa shape index (κ3) is 3.32. The highest BCUT2D eigenvalue weighted by molar-refractivity contribution is 5.98. The number of pyridine rings is 2. The van der Waals surface area contributed by atoms with Crippen LogP contribution in [0.1, 0.15) is 36.3 Å². The van der Waals surface area contributed by atoms with Crippen molar-refractivity contribution >= 4 is 5.78 Å². The number of carbonyl (C=O) groups is 1. The lowest BCUT2D eigenvalue weighted by Crippen LogP contribution is -2.28. The van der Waals surface area contributed by atoms with Gasteiger partial charge in [0.15, 0.2) is 5.78 Å². The summed E-state index contributed by atoms with van der Waals surface area (Å²) in [5, 5.41) is 4.85. The molecule has 0 fully saturated rings. The number of hydrogen-bond donors (Lipinski definition) is 0. The molecule has 148 valence electrons. The van der Waals surface area contributed by atoms with Crippen LogP contribution in [0.15, 0.2) is 73.1 Å². The van der Waals surface area contributed by atoms with E-state index < -0.39 is 0 Å². The molecule has 30 heavy (non-hydrogen) atoms. The molecule has 0 saturated heterocycles. The van der Waals surface area contributed by atoms with Crippen LogP contribution in [0.3, 0.4) is 0 Å². The Morgan fingerprint density at radius 1 is 0.933 bits per heavy atom. The fourth-order valence-electron chi connectivity index (χ4n) is 4.07. The summed E-state index contributed by atoms with van der Waals surface area (Å²) in [6.07, 6.45) is 4.88. The van der Waals surface area contributed by atoms with E-state index in [1.807, 2.05) is 65.3 Å². The lowest BCUT2D eigenvalue weighted by Gasteiger charge is -2.29. The maximum atomic E-state index is 12.6. The van der Waals surface area contributed by atoms with E-state index in [1.54, 1.807) is 12.4 Å². The van der Waals surface area contributed by atoms with Crippen molar-refractivity contribution in [1.82, 2.24) is 19.7 Å². The number of Topliss-reactive ketones (excluding diaryl/α,β-unsaturated/α-hetero) is 1. The molecule has 0 N–H and O–H groups in total. The van der Waals surface area contributed by atoms with Gasteiger partial charge in [-0.3, -0.25) is 14.8 Å². The van der Waals surface area contributed by atoms with Crippen LogP contribution in [0, 0.1) is 5.41 Å². The van der Waals surface area contributed by atoms with E-state index in [0.717, 1.165) is 46.0 Å². The maximum absolute atomic E-state index is 12.6. The van der Waals surface area contributed by atoms with Crippen LogP contribution < -0.4 is 0 Å². The molecule has 0 amide bonds. The molecule has 1 aromatic carbocycles. The zero-order valence-electron chi connectivity index (χ0n) is 17.0. The van der Waals surface area contributed by atoms with Crippen molar-refractivity contribution < 1.29 is 4.79 Å². The Hall–Kier alpha value is -3.60. The Balaban J connectivity index is 1.67. The number of fused-ring (bicyclic) bond motifs is 1. The minimum absolute atomic E-state index is 0.0749. The molecule has 5 nitrogen and oxygen atoms in total. The summed E-state index contributed by atoms with van der Waals surface area (Å²) >= 11 is 0. The summed E-state index contributed by atoms with van der Waals surface area (Å²) < 4.78 is 1.87. The molecule has 0 unspecified atom stereocenters. The van der Waals surface area contributed by atoms with Gasteiger partial charge in [-0.25, -0.2) is 4.68 Å². The average Bonchev–Trinajstić information content (AvgIpc) is 3.19. The van der Waals surface area contributed by atoms with Crippen LogP contribution in [-0.4, -0.2) is 25.5 Å². The zero-order valence-corrected chi connectivity index (χ0v) is 17.0. The Kier molecular flexibility index (Phi) is 4.31. The molecule has 0 radical (unpaired) electrons. The molecule has 1 aliphatic carbocycles. The van der Waals surface area contributed by atoms with Crippen LogP contribution in [0.4, 0.5) is 0 Å². The van der Waals surface area contributed by atoms with Gasteiger partial charge in [-0.15, -0.1) is 0 Å². The Bertz CT molecular complexity index is 1230. The first-order chi connectivity index (χ1) is 14.5. The van der Waals surface area contributed by atoms with E-state index in [2.05, 4.69) is 18.8 Å². The number of ketones is 1. The van der Waals surface area contributed by atoms with E-state index in [9.17, 15) is 4.79 Å². The Morgan fingerprint density at radius 3 is 2.53 bits per heavy atom. The number of carbonyl (C=O) groups excluding carboxylic acids is 1. The van der Waals surface area contributed by atoms with Crippen molar-refractivity contribution in [3.63, 3.8) is 0 Å². The summed E-state index contributed by atoms with van der Waals surface area (Å²) in [6.45, 7) is 4.24. The number of aromatic nitrogens is 4. The van der Waals surface area contributed by atoms with Gasteiger partial charge < -0.3 is 0 Å². The quantitative estimate of drug-likeness (QED) is 0.482. The lowest BCUT2D eigenvalue weighted by molar-refractivity contribution is 0.0910. The van der Waals surface area contributed by atoms with Crippen LogP contribution in [0.25, 0.3) is 28.3 Å². The normalized spacial score (nSPS) is 15.1. The van der Waals surface area contributed by atoms with Crippen molar-refractivity contribution in [1.29, 1.82) is 0 Å². The zero-order chi connectivity index (χ0) is 20.7. The molecule has 1 aliphatic rings. The predicted octanol–water partition coefficient (Wildman–Crippen LogP) is 5.15. The minimum atomic E-state index is -0.0749. The number of nitrogens with zero attached hydrogens (tertiary/aromatic N) is 4. The predicted molar refractivity (Wildman–Crippen MR) is 116 cm³/mol. The van der Waals surface area contributed by atoms with Crippen molar-refractivity contribution in [3.8, 4) is 28.3 Å². The summed E-state index contributed by atoms with van der Waals surface area (Å²) in [4.78, 5) is 21.7. The maximum Gasteiger partial charge on any atom is 0.165 e. The third-order valence-electron chi connectivity index (χ3n) is 5.49. The molecule has 3 heterocycles. The van der Waals surface area contributed by atoms with Crippen LogP contribution in [0.5, 0.6) is 0 Å². The first kappa shape index (κ1) is 18.4. The highest BCUT2D eigenvalue weighted by Crippen LogP contribution is 2.35. The van der Waals surface area contributed by atoms with Crippen molar-refractivity contribution in [2.75, 3.05) is 0 Å². The second kappa shape index (κ2) is 7.02. The van der Waals surface area contributed by atoms with Gasteiger partial charge >= 0.3 is 0 Å². The molecule has 3 aromatic heterocycles. The fourth-order valence-corrected chi connectivity index (χ4v) is 4.07. The van der Waals surface area contributed by atoms with E-state index in [-0.39, 0.29) is 11.2 Å². The standard InChI is InChI=1S/C25H22N4O/c1-25(2)14-22-19(24(30)15-25)10-11-20(27-22)23-13-21(17-7-4-3-5-8-17)28-29(23)18-9-6-12-26-16-18/h3-13,16H,14-15H2,1-2H3. The van der Waals surface area contributed by atoms with Gasteiger partial charge in [0.05, 0.1) is 34.7 Å². The van der Waals surface area contributed by atoms with Crippen LogP contribution in [-0.2, 0) is 6.42 Å². The van der Waals surface area contributed by atoms with E-state index in [0.29, 0.717) is 6.42 Å². The van der Waals surface area contributed by atoms with Gasteiger partial charge in [0.25, 0.3) is 0 Å². The van der Waals surface area contributed by atoms with Crippen molar-refractivity contribution in [2.45, 2.75) is 26.7 Å². The first-order valence-electron chi connectivity index (χ1n) is 10.1. The Morgan fingerprint density at radius 2 is 1.77 bits per heavy atom. The molecule has 0 spiro atoms. The van der Waals surface area contributed by atoms with Gasteiger partial charge in [-0.1, -0.05) is 44.2 Å². The monoisotopic (exact) mass is 394 g/mol. The van der Waals surface area contributed by atoms with E-state index >= 15 is 0 Å². The largest absolute Gasteiger partial charge is 0.294 e. The third-order valence-corrected chi connectivity index (χ3v) is 5.49. The number of benzene rings is 1. The summed E-state index contributed by atoms with van der Waals surface area (Å²) in [6, 6.07) is 19.8. The summed E-state index contributed by atoms with van der Waals surface area (Å²) in [7, 11) is 0. The fraction of sp³-hybridized carbons (Fsp3) is 0.200. The smallest absolute Gasteiger partial charge is 0.165 e. The highest BCUT2D eigenvalue weighted by Gasteiger charge is 2.32. The average molecular weight is 394 g/mol. The van der Waals surface area contributed by atoms with E-state index in [1.165, 1.54) is 0 Å². The molecule has 0 bridgehead atoms. The van der Waals surface area contributed by atoms with Gasteiger partial charge in [0.2, 0.25) is 0 Å². The molecule has 0 atom stereocenters. The molecular formula is C25H22N4O. The first-order valence-corrected chi connectivity index (χ1v) is 10.1. The van der Waals surface area contributed by atoms with Crippen molar-refractivity contribution in [2.24, 2.45) is 5.41 Å². The van der Waals surface area contributed by atoms with Gasteiger partial charge in [0, 0.05) is 23.7 Å². The highest BCUT2D eigenvalue weighted by atomic mass is 16.1. The summed E-state index contributed by atoms with van der Waals surface area (Å²) in [5.74, 6) is 0.172. The Labute approximate surface area is 175 Å². The SMILES string of the molecule is CC1(C)CC(=O)c2ccc(-c3cc(-c4ccccc4)nn3-c3cccnc3)nc2C1.